The highest BCUT2D eigenvalue weighted by Crippen LogP contribution is 2.21. The van der Waals surface area contributed by atoms with E-state index in [2.05, 4.69) is 34.5 Å². The number of benzene rings is 1. The van der Waals surface area contributed by atoms with Crippen LogP contribution in [0.25, 0.3) is 0 Å². The van der Waals surface area contributed by atoms with Gasteiger partial charge in [0.15, 0.2) is 0 Å². The molecule has 150 valence electrons. The van der Waals surface area contributed by atoms with Gasteiger partial charge in [-0.05, 0) is 44.4 Å². The molecule has 2 fully saturated rings. The summed E-state index contributed by atoms with van der Waals surface area (Å²) in [6.07, 6.45) is 2.19. The number of carbonyl (C=O) groups is 1. The molecule has 2 atom stereocenters. The molecule has 2 unspecified atom stereocenters. The molecule has 0 spiro atoms. The first-order valence-electron chi connectivity index (χ1n) is 10.2. The van der Waals surface area contributed by atoms with Crippen molar-refractivity contribution in [2.45, 2.75) is 32.7 Å². The third kappa shape index (κ3) is 5.59. The van der Waals surface area contributed by atoms with Crippen molar-refractivity contribution >= 4 is 11.7 Å². The number of piperidine rings is 1. The molecule has 0 aromatic heterocycles. The van der Waals surface area contributed by atoms with E-state index in [1.165, 1.54) is 5.69 Å². The lowest BCUT2D eigenvalue weighted by atomic mass is 9.99. The van der Waals surface area contributed by atoms with E-state index in [9.17, 15) is 4.79 Å². The number of likely N-dealkylation sites (tertiary alicyclic amines) is 1. The van der Waals surface area contributed by atoms with Gasteiger partial charge in [-0.25, -0.2) is 4.79 Å². The van der Waals surface area contributed by atoms with Crippen LogP contribution in [0, 0.1) is 5.92 Å². The van der Waals surface area contributed by atoms with E-state index in [1.807, 2.05) is 18.7 Å². The van der Waals surface area contributed by atoms with Crippen molar-refractivity contribution in [2.75, 3.05) is 57.5 Å². The van der Waals surface area contributed by atoms with Gasteiger partial charge >= 0.3 is 6.03 Å². The summed E-state index contributed by atoms with van der Waals surface area (Å²) in [5, 5.41) is 3.15. The maximum Gasteiger partial charge on any atom is 0.317 e. The van der Waals surface area contributed by atoms with Crippen molar-refractivity contribution in [1.82, 2.24) is 10.2 Å². The second-order valence-corrected chi connectivity index (χ2v) is 7.48. The molecule has 1 aromatic carbocycles. The summed E-state index contributed by atoms with van der Waals surface area (Å²) >= 11 is 0. The molecule has 27 heavy (non-hydrogen) atoms. The molecule has 3 rings (SSSR count). The summed E-state index contributed by atoms with van der Waals surface area (Å²) in [6, 6.07) is 8.53. The van der Waals surface area contributed by atoms with Crippen molar-refractivity contribution in [3.05, 3.63) is 29.8 Å². The van der Waals surface area contributed by atoms with Crippen LogP contribution < -0.4 is 10.2 Å². The molecule has 2 aliphatic heterocycles. The van der Waals surface area contributed by atoms with Gasteiger partial charge in [-0.15, -0.1) is 0 Å². The monoisotopic (exact) mass is 375 g/mol. The van der Waals surface area contributed by atoms with Gasteiger partial charge in [-0.2, -0.15) is 0 Å². The minimum absolute atomic E-state index is 0.0106. The number of nitrogens with one attached hydrogen (secondary N) is 1. The zero-order chi connectivity index (χ0) is 19.1. The number of urea groups is 1. The molecular weight excluding hydrogens is 342 g/mol. The maximum absolute atomic E-state index is 12.7. The van der Waals surface area contributed by atoms with E-state index >= 15 is 0 Å². The molecule has 0 saturated carbocycles. The van der Waals surface area contributed by atoms with Crippen molar-refractivity contribution in [2.24, 2.45) is 5.92 Å². The lowest BCUT2D eigenvalue weighted by Gasteiger charge is -2.33. The minimum Gasteiger partial charge on any atom is -0.381 e. The number of rotatable bonds is 6. The maximum atomic E-state index is 12.7. The van der Waals surface area contributed by atoms with E-state index in [-0.39, 0.29) is 12.1 Å². The number of ether oxygens (including phenoxy) is 2. The van der Waals surface area contributed by atoms with Crippen molar-refractivity contribution < 1.29 is 14.3 Å². The third-order valence-electron chi connectivity index (χ3n) is 5.47. The Balaban J connectivity index is 1.51. The molecule has 6 heteroatoms. The quantitative estimate of drug-likeness (QED) is 0.830. The van der Waals surface area contributed by atoms with Gasteiger partial charge in [0, 0.05) is 44.4 Å². The summed E-state index contributed by atoms with van der Waals surface area (Å²) in [7, 11) is 0. The van der Waals surface area contributed by atoms with Crippen LogP contribution >= 0.6 is 0 Å². The van der Waals surface area contributed by atoms with Crippen LogP contribution in [0.4, 0.5) is 10.5 Å². The lowest BCUT2D eigenvalue weighted by Crippen LogP contribution is -2.46. The van der Waals surface area contributed by atoms with Crippen LogP contribution in [0.5, 0.6) is 0 Å². The number of morpholine rings is 1. The molecule has 6 nitrogen and oxygen atoms in total. The van der Waals surface area contributed by atoms with E-state index < -0.39 is 0 Å². The number of amides is 2. The normalized spacial score (nSPS) is 21.8. The Morgan fingerprint density at radius 3 is 2.70 bits per heavy atom. The predicted octanol–water partition coefficient (Wildman–Crippen LogP) is 3.04. The third-order valence-corrected chi connectivity index (χ3v) is 5.47. The van der Waals surface area contributed by atoms with E-state index in [1.54, 1.807) is 0 Å². The van der Waals surface area contributed by atoms with E-state index in [0.717, 1.165) is 71.0 Å². The van der Waals surface area contributed by atoms with Crippen LogP contribution in [0.1, 0.15) is 38.3 Å². The molecular formula is C21H33N3O3. The summed E-state index contributed by atoms with van der Waals surface area (Å²) in [4.78, 5) is 16.9. The van der Waals surface area contributed by atoms with Gasteiger partial charge in [0.05, 0.1) is 25.9 Å². The summed E-state index contributed by atoms with van der Waals surface area (Å²) < 4.78 is 11.0. The molecule has 1 N–H and O–H groups in total. The van der Waals surface area contributed by atoms with Crippen LogP contribution in [0.3, 0.4) is 0 Å². The van der Waals surface area contributed by atoms with Crippen molar-refractivity contribution in [3.8, 4) is 0 Å². The first kappa shape index (κ1) is 20.0. The zero-order valence-corrected chi connectivity index (χ0v) is 16.7. The average molecular weight is 376 g/mol. The number of carbonyl (C=O) groups excluding carboxylic acids is 1. The van der Waals surface area contributed by atoms with E-state index in [0.29, 0.717) is 5.92 Å². The largest absolute Gasteiger partial charge is 0.381 e. The van der Waals surface area contributed by atoms with Crippen molar-refractivity contribution in [1.29, 1.82) is 0 Å². The molecule has 0 aliphatic carbocycles. The Bertz CT molecular complexity index is 587. The van der Waals surface area contributed by atoms with Crippen LogP contribution in [0.15, 0.2) is 24.3 Å². The number of hydrogen-bond donors (Lipinski definition) is 1. The standard InChI is InChI=1S/C21H33N3O3/c1-3-26-16-18-5-4-10-24(15-18)21(25)22-17(2)19-6-8-20(9-7-19)23-11-13-27-14-12-23/h6-9,17-18H,3-5,10-16H2,1-2H3,(H,22,25). The van der Waals surface area contributed by atoms with Gasteiger partial charge < -0.3 is 24.6 Å². The lowest BCUT2D eigenvalue weighted by molar-refractivity contribution is 0.0752. The van der Waals surface area contributed by atoms with Crippen LogP contribution in [-0.4, -0.2) is 63.5 Å². The molecule has 0 bridgehead atoms. The first-order valence-corrected chi connectivity index (χ1v) is 10.2. The van der Waals surface area contributed by atoms with Gasteiger partial charge in [-0.1, -0.05) is 12.1 Å². The fourth-order valence-corrected chi connectivity index (χ4v) is 3.83. The Morgan fingerprint density at radius 1 is 1.26 bits per heavy atom. The predicted molar refractivity (Wildman–Crippen MR) is 107 cm³/mol. The Morgan fingerprint density at radius 2 is 2.00 bits per heavy atom. The number of hydrogen-bond acceptors (Lipinski definition) is 4. The fourth-order valence-electron chi connectivity index (χ4n) is 3.83. The molecule has 2 aliphatic rings. The van der Waals surface area contributed by atoms with Crippen LogP contribution in [0.2, 0.25) is 0 Å². The second-order valence-electron chi connectivity index (χ2n) is 7.48. The highest BCUT2D eigenvalue weighted by atomic mass is 16.5. The molecule has 2 saturated heterocycles. The highest BCUT2D eigenvalue weighted by Gasteiger charge is 2.24. The molecule has 1 aromatic rings. The fraction of sp³-hybridized carbons (Fsp3) is 0.667. The SMILES string of the molecule is CCOCC1CCCN(C(=O)NC(C)c2ccc(N3CCOCC3)cc2)C1. The minimum atomic E-state index is -0.0106. The highest BCUT2D eigenvalue weighted by molar-refractivity contribution is 5.74. The Kier molecular flexibility index (Phi) is 7.35. The Hall–Kier alpha value is -1.79. The molecule has 2 amide bonds. The topological polar surface area (TPSA) is 54.0 Å². The summed E-state index contributed by atoms with van der Waals surface area (Å²) in [6.45, 7) is 10.6. The molecule has 0 radical (unpaired) electrons. The second kappa shape index (κ2) is 9.95. The first-order chi connectivity index (χ1) is 13.2. The summed E-state index contributed by atoms with van der Waals surface area (Å²) in [5.74, 6) is 0.451. The smallest absolute Gasteiger partial charge is 0.317 e. The van der Waals surface area contributed by atoms with E-state index in [4.69, 9.17) is 9.47 Å². The number of anilines is 1. The van der Waals surface area contributed by atoms with Gasteiger partial charge in [0.2, 0.25) is 0 Å². The Labute approximate surface area is 162 Å². The van der Waals surface area contributed by atoms with Gasteiger partial charge in [0.25, 0.3) is 0 Å². The number of nitrogens with zero attached hydrogens (tertiary/aromatic N) is 2. The average Bonchev–Trinajstić information content (AvgIpc) is 2.73. The summed E-state index contributed by atoms with van der Waals surface area (Å²) in [5.41, 5.74) is 2.35. The van der Waals surface area contributed by atoms with Gasteiger partial charge in [0.1, 0.15) is 0 Å². The molecule has 2 heterocycles. The van der Waals surface area contributed by atoms with Crippen molar-refractivity contribution in [3.63, 3.8) is 0 Å². The zero-order valence-electron chi connectivity index (χ0n) is 16.7. The van der Waals surface area contributed by atoms with Crippen LogP contribution in [-0.2, 0) is 9.47 Å². The van der Waals surface area contributed by atoms with Gasteiger partial charge in [-0.3, -0.25) is 0 Å².